The molecular weight excluding hydrogens is 280 g/mol. The van der Waals surface area contributed by atoms with E-state index >= 15 is 0 Å². The first-order valence-electron chi connectivity index (χ1n) is 5.95. The van der Waals surface area contributed by atoms with E-state index in [2.05, 4.69) is 5.32 Å². The molecule has 0 bridgehead atoms. The summed E-state index contributed by atoms with van der Waals surface area (Å²) in [5.74, 6) is 1.02. The molecule has 0 aliphatic heterocycles. The first-order chi connectivity index (χ1) is 8.99. The number of sulfone groups is 1. The molecule has 1 unspecified atom stereocenters. The summed E-state index contributed by atoms with van der Waals surface area (Å²) in [4.78, 5) is 0.269. The zero-order chi connectivity index (χ0) is 14.3. The number of nitrogens with one attached hydrogen (secondary N) is 1. The number of nitrogens with zero attached hydrogens (tertiary/aromatic N) is 1. The van der Waals surface area contributed by atoms with Gasteiger partial charge < -0.3 is 5.32 Å². The Morgan fingerprint density at radius 2 is 2.00 bits per heavy atom. The van der Waals surface area contributed by atoms with Crippen molar-refractivity contribution in [3.8, 4) is 6.07 Å². The van der Waals surface area contributed by atoms with Crippen molar-refractivity contribution in [3.05, 3.63) is 29.8 Å². The number of nitriles is 1. The minimum atomic E-state index is -3.27. The average molecular weight is 298 g/mol. The highest BCUT2D eigenvalue weighted by Gasteiger charge is 2.14. The maximum Gasteiger partial charge on any atom is 0.179 e. The van der Waals surface area contributed by atoms with Gasteiger partial charge in [-0.3, -0.25) is 0 Å². The maximum atomic E-state index is 12.0. The van der Waals surface area contributed by atoms with Crippen LogP contribution in [0.2, 0.25) is 0 Å². The van der Waals surface area contributed by atoms with Gasteiger partial charge in [0.25, 0.3) is 0 Å². The highest BCUT2D eigenvalue weighted by molar-refractivity contribution is 7.98. The summed E-state index contributed by atoms with van der Waals surface area (Å²) >= 11 is 1.73. The molecule has 104 valence electrons. The molecule has 6 heteroatoms. The Labute approximate surface area is 119 Å². The molecule has 1 rings (SSSR count). The largest absolute Gasteiger partial charge is 0.312 e. The van der Waals surface area contributed by atoms with Crippen molar-refractivity contribution in [1.82, 2.24) is 5.32 Å². The van der Waals surface area contributed by atoms with Crippen molar-refractivity contribution >= 4 is 21.6 Å². The van der Waals surface area contributed by atoms with E-state index in [-0.39, 0.29) is 10.6 Å². The number of hydrogen-bond donors (Lipinski definition) is 1. The van der Waals surface area contributed by atoms with Gasteiger partial charge in [-0.1, -0.05) is 0 Å². The predicted molar refractivity (Wildman–Crippen MR) is 79.1 cm³/mol. The van der Waals surface area contributed by atoms with Crippen LogP contribution in [0.3, 0.4) is 0 Å². The molecule has 1 aromatic rings. The zero-order valence-corrected chi connectivity index (χ0v) is 12.7. The predicted octanol–water partition coefficient (Wildman–Crippen LogP) is 1.67. The summed E-state index contributed by atoms with van der Waals surface area (Å²) < 4.78 is 24.1. The highest BCUT2D eigenvalue weighted by Crippen LogP contribution is 2.11. The SMILES string of the molecule is CSCC(C)NCCS(=O)(=O)c1ccc(C#N)cc1. The van der Waals surface area contributed by atoms with Crippen molar-refractivity contribution in [2.24, 2.45) is 0 Å². The molecule has 1 atom stereocenters. The summed E-state index contributed by atoms with van der Waals surface area (Å²) in [6, 6.07) is 8.29. The molecule has 1 N–H and O–H groups in total. The van der Waals surface area contributed by atoms with Gasteiger partial charge in [0.1, 0.15) is 0 Å². The van der Waals surface area contributed by atoms with E-state index in [1.54, 1.807) is 11.8 Å². The van der Waals surface area contributed by atoms with Crippen LogP contribution in [0.15, 0.2) is 29.2 Å². The standard InChI is InChI=1S/C13H18N2O2S2/c1-11(10-18-2)15-7-8-19(16,17)13-5-3-12(9-14)4-6-13/h3-6,11,15H,7-8,10H2,1-2H3. The van der Waals surface area contributed by atoms with Gasteiger partial charge >= 0.3 is 0 Å². The van der Waals surface area contributed by atoms with E-state index in [0.29, 0.717) is 18.2 Å². The molecule has 0 aliphatic rings. The number of thioether (sulfide) groups is 1. The fourth-order valence-electron chi connectivity index (χ4n) is 1.60. The second-order valence-corrected chi connectivity index (χ2v) is 7.29. The van der Waals surface area contributed by atoms with Crippen LogP contribution in [-0.2, 0) is 9.84 Å². The van der Waals surface area contributed by atoms with E-state index in [9.17, 15) is 8.42 Å². The summed E-state index contributed by atoms with van der Waals surface area (Å²) in [5.41, 5.74) is 0.464. The molecule has 0 amide bonds. The van der Waals surface area contributed by atoms with Crippen molar-refractivity contribution < 1.29 is 8.42 Å². The van der Waals surface area contributed by atoms with E-state index in [1.807, 2.05) is 19.2 Å². The quantitative estimate of drug-likeness (QED) is 0.829. The molecule has 0 radical (unpaired) electrons. The van der Waals surface area contributed by atoms with E-state index in [1.165, 1.54) is 24.3 Å². The fraction of sp³-hybridized carbons (Fsp3) is 0.462. The van der Waals surface area contributed by atoms with Crippen molar-refractivity contribution in [2.45, 2.75) is 17.9 Å². The topological polar surface area (TPSA) is 70.0 Å². The molecule has 0 spiro atoms. The maximum absolute atomic E-state index is 12.0. The fourth-order valence-corrected chi connectivity index (χ4v) is 3.39. The lowest BCUT2D eigenvalue weighted by atomic mass is 10.2. The van der Waals surface area contributed by atoms with Crippen LogP contribution in [0.1, 0.15) is 12.5 Å². The van der Waals surface area contributed by atoms with E-state index in [0.717, 1.165) is 5.75 Å². The van der Waals surface area contributed by atoms with Gasteiger partial charge in [0.05, 0.1) is 22.3 Å². The zero-order valence-electron chi connectivity index (χ0n) is 11.1. The molecule has 0 aliphatic carbocycles. The highest BCUT2D eigenvalue weighted by atomic mass is 32.2. The Kier molecular flexibility index (Phi) is 6.35. The van der Waals surface area contributed by atoms with Crippen LogP contribution in [-0.4, -0.2) is 38.8 Å². The Morgan fingerprint density at radius 3 is 2.53 bits per heavy atom. The minimum Gasteiger partial charge on any atom is -0.312 e. The summed E-state index contributed by atoms with van der Waals surface area (Å²) in [7, 11) is -3.27. The Morgan fingerprint density at radius 1 is 1.37 bits per heavy atom. The smallest absolute Gasteiger partial charge is 0.179 e. The Balaban J connectivity index is 2.58. The monoisotopic (exact) mass is 298 g/mol. The van der Waals surface area contributed by atoms with Crippen molar-refractivity contribution in [2.75, 3.05) is 24.3 Å². The van der Waals surface area contributed by atoms with Gasteiger partial charge in [0.15, 0.2) is 9.84 Å². The molecule has 19 heavy (non-hydrogen) atoms. The Bertz CT molecular complexity index is 533. The van der Waals surface area contributed by atoms with Crippen LogP contribution in [0.25, 0.3) is 0 Å². The molecule has 0 saturated heterocycles. The second-order valence-electron chi connectivity index (χ2n) is 4.27. The van der Waals surface area contributed by atoms with Gasteiger partial charge in [-0.15, -0.1) is 0 Å². The summed E-state index contributed by atoms with van der Waals surface area (Å²) in [5, 5.41) is 11.9. The lowest BCUT2D eigenvalue weighted by Gasteiger charge is -2.12. The third-order valence-electron chi connectivity index (χ3n) is 2.62. The Hall–Kier alpha value is -1.03. The van der Waals surface area contributed by atoms with Gasteiger partial charge in [-0.25, -0.2) is 8.42 Å². The second kappa shape index (κ2) is 7.53. The molecule has 0 heterocycles. The third-order valence-corrected chi connectivity index (χ3v) is 5.19. The van der Waals surface area contributed by atoms with Crippen LogP contribution < -0.4 is 5.32 Å². The summed E-state index contributed by atoms with van der Waals surface area (Å²) in [6.45, 7) is 2.47. The first-order valence-corrected chi connectivity index (χ1v) is 8.99. The van der Waals surface area contributed by atoms with Crippen molar-refractivity contribution in [1.29, 1.82) is 5.26 Å². The van der Waals surface area contributed by atoms with Crippen molar-refractivity contribution in [3.63, 3.8) is 0 Å². The van der Waals surface area contributed by atoms with Crippen LogP contribution in [0, 0.1) is 11.3 Å². The van der Waals surface area contributed by atoms with Gasteiger partial charge in [0.2, 0.25) is 0 Å². The number of benzene rings is 1. The molecular formula is C13H18N2O2S2. The summed E-state index contributed by atoms with van der Waals surface area (Å²) in [6.07, 6.45) is 2.02. The molecule has 0 fully saturated rings. The molecule has 0 aromatic heterocycles. The molecule has 4 nitrogen and oxygen atoms in total. The normalized spacial score (nSPS) is 12.9. The van der Waals surface area contributed by atoms with Gasteiger partial charge in [-0.2, -0.15) is 17.0 Å². The van der Waals surface area contributed by atoms with Crippen LogP contribution in [0.5, 0.6) is 0 Å². The lowest BCUT2D eigenvalue weighted by molar-refractivity contribution is 0.580. The van der Waals surface area contributed by atoms with E-state index < -0.39 is 9.84 Å². The first kappa shape index (κ1) is 16.0. The number of rotatable bonds is 7. The van der Waals surface area contributed by atoms with Gasteiger partial charge in [0, 0.05) is 18.3 Å². The lowest BCUT2D eigenvalue weighted by Crippen LogP contribution is -2.32. The average Bonchev–Trinajstić information content (AvgIpc) is 2.39. The molecule has 0 saturated carbocycles. The van der Waals surface area contributed by atoms with Gasteiger partial charge in [-0.05, 0) is 37.4 Å². The molecule has 1 aromatic carbocycles. The van der Waals surface area contributed by atoms with Crippen LogP contribution >= 0.6 is 11.8 Å². The number of hydrogen-bond acceptors (Lipinski definition) is 5. The third kappa shape index (κ3) is 5.23. The van der Waals surface area contributed by atoms with E-state index in [4.69, 9.17) is 5.26 Å². The minimum absolute atomic E-state index is 0.0671. The van der Waals surface area contributed by atoms with Crippen LogP contribution in [0.4, 0.5) is 0 Å².